The Balaban J connectivity index is 1.90. The third-order valence-corrected chi connectivity index (χ3v) is 4.10. The van der Waals surface area contributed by atoms with Crippen LogP contribution in [0.4, 0.5) is 5.82 Å². The fraction of sp³-hybridized carbons (Fsp3) is 0. The van der Waals surface area contributed by atoms with Gasteiger partial charge in [-0.25, -0.2) is 0 Å². The highest BCUT2D eigenvalue weighted by atomic mass is 79.9. The lowest BCUT2D eigenvalue weighted by molar-refractivity contribution is 0.102. The monoisotopic (exact) mass is 349 g/mol. The van der Waals surface area contributed by atoms with Crippen LogP contribution in [0.2, 0.25) is 5.02 Å². The number of amides is 1. The number of nitrogens with one attached hydrogen (secondary N) is 2. The maximum Gasteiger partial charge on any atom is 0.256 e. The van der Waals surface area contributed by atoms with E-state index in [0.29, 0.717) is 20.9 Å². The molecule has 0 fully saturated rings. The molecular weight excluding hydrogens is 342 g/mol. The van der Waals surface area contributed by atoms with Gasteiger partial charge in [0.05, 0.1) is 10.5 Å². The van der Waals surface area contributed by atoms with E-state index in [1.165, 1.54) is 0 Å². The molecule has 0 atom stereocenters. The normalized spacial score (nSPS) is 10.7. The van der Waals surface area contributed by atoms with Crippen molar-refractivity contribution in [1.82, 2.24) is 10.2 Å². The van der Waals surface area contributed by atoms with Crippen molar-refractivity contribution in [1.29, 1.82) is 0 Å². The highest BCUT2D eigenvalue weighted by Crippen LogP contribution is 2.24. The van der Waals surface area contributed by atoms with Crippen LogP contribution in [0.3, 0.4) is 0 Å². The molecule has 1 heterocycles. The summed E-state index contributed by atoms with van der Waals surface area (Å²) in [5.74, 6) is 0.274. The second-order valence-corrected chi connectivity index (χ2v) is 5.46. The second kappa shape index (κ2) is 5.26. The van der Waals surface area contributed by atoms with E-state index in [1.807, 2.05) is 24.3 Å². The van der Waals surface area contributed by atoms with E-state index in [4.69, 9.17) is 11.6 Å². The maximum atomic E-state index is 12.2. The molecule has 0 aliphatic rings. The molecule has 100 valence electrons. The molecule has 1 aromatic heterocycles. The van der Waals surface area contributed by atoms with Gasteiger partial charge in [0.25, 0.3) is 5.91 Å². The fourth-order valence-corrected chi connectivity index (χ4v) is 2.37. The Bertz CT molecular complexity index is 800. The number of H-pyrrole nitrogens is 1. The zero-order chi connectivity index (χ0) is 14.1. The smallest absolute Gasteiger partial charge is 0.256 e. The summed E-state index contributed by atoms with van der Waals surface area (Å²) in [6.07, 6.45) is 0. The molecular formula is C14H9BrClN3O. The number of para-hydroxylation sites is 1. The van der Waals surface area contributed by atoms with Gasteiger partial charge in [-0.1, -0.05) is 23.7 Å². The minimum Gasteiger partial charge on any atom is -0.305 e. The molecule has 1 amide bonds. The third kappa shape index (κ3) is 2.42. The van der Waals surface area contributed by atoms with E-state index in [9.17, 15) is 4.79 Å². The van der Waals surface area contributed by atoms with Crippen LogP contribution in [-0.2, 0) is 0 Å². The first-order valence-electron chi connectivity index (χ1n) is 5.84. The Morgan fingerprint density at radius 3 is 2.85 bits per heavy atom. The summed E-state index contributed by atoms with van der Waals surface area (Å²) >= 11 is 9.21. The van der Waals surface area contributed by atoms with Crippen molar-refractivity contribution >= 4 is 50.2 Å². The molecule has 0 aliphatic carbocycles. The van der Waals surface area contributed by atoms with Crippen molar-refractivity contribution in [3.63, 3.8) is 0 Å². The van der Waals surface area contributed by atoms with E-state index >= 15 is 0 Å². The van der Waals surface area contributed by atoms with Gasteiger partial charge in [-0.2, -0.15) is 5.10 Å². The van der Waals surface area contributed by atoms with E-state index in [1.54, 1.807) is 18.2 Å². The second-order valence-electron chi connectivity index (χ2n) is 4.20. The Labute approximate surface area is 128 Å². The molecule has 0 bridgehead atoms. The molecule has 3 aromatic rings. The van der Waals surface area contributed by atoms with Crippen molar-refractivity contribution in [2.45, 2.75) is 0 Å². The third-order valence-electron chi connectivity index (χ3n) is 2.88. The number of anilines is 1. The van der Waals surface area contributed by atoms with Gasteiger partial charge >= 0.3 is 0 Å². The van der Waals surface area contributed by atoms with Crippen molar-refractivity contribution in [2.24, 2.45) is 0 Å². The van der Waals surface area contributed by atoms with Gasteiger partial charge < -0.3 is 5.32 Å². The molecule has 6 heteroatoms. The average molecular weight is 351 g/mol. The molecule has 0 radical (unpaired) electrons. The molecule has 20 heavy (non-hydrogen) atoms. The van der Waals surface area contributed by atoms with Crippen LogP contribution in [0.15, 0.2) is 46.9 Å². The first-order valence-corrected chi connectivity index (χ1v) is 7.02. The summed E-state index contributed by atoms with van der Waals surface area (Å²) in [7, 11) is 0. The molecule has 3 rings (SSSR count). The van der Waals surface area contributed by atoms with Crippen molar-refractivity contribution in [2.75, 3.05) is 5.32 Å². The predicted octanol–water partition coefficient (Wildman–Crippen LogP) is 4.23. The molecule has 0 saturated heterocycles. The minimum absolute atomic E-state index is 0.236. The number of benzene rings is 2. The van der Waals surface area contributed by atoms with Crippen LogP contribution in [0, 0.1) is 0 Å². The molecule has 0 aliphatic heterocycles. The zero-order valence-electron chi connectivity index (χ0n) is 10.2. The largest absolute Gasteiger partial charge is 0.305 e. The summed E-state index contributed by atoms with van der Waals surface area (Å²) in [5, 5.41) is 11.2. The van der Waals surface area contributed by atoms with Crippen molar-refractivity contribution in [3.05, 3.63) is 57.5 Å². The fourth-order valence-electron chi connectivity index (χ4n) is 1.88. The van der Waals surface area contributed by atoms with Crippen LogP contribution in [0.1, 0.15) is 10.4 Å². The number of hydrogen-bond donors (Lipinski definition) is 2. The number of fused-ring (bicyclic) bond motifs is 1. The zero-order valence-corrected chi connectivity index (χ0v) is 12.5. The molecule has 0 spiro atoms. The van der Waals surface area contributed by atoms with E-state index in [-0.39, 0.29) is 5.91 Å². The highest BCUT2D eigenvalue weighted by Gasteiger charge is 2.11. The SMILES string of the molecule is O=C(Nc1n[nH]c2ccccc12)c1ccc(Cl)c(Br)c1. The summed E-state index contributed by atoms with van der Waals surface area (Å²) in [4.78, 5) is 12.2. The maximum absolute atomic E-state index is 12.2. The number of rotatable bonds is 2. The highest BCUT2D eigenvalue weighted by molar-refractivity contribution is 9.10. The van der Waals surface area contributed by atoms with E-state index in [2.05, 4.69) is 31.4 Å². The van der Waals surface area contributed by atoms with Gasteiger partial charge in [0.2, 0.25) is 0 Å². The summed E-state index contributed by atoms with van der Waals surface area (Å²) in [6.45, 7) is 0. The number of hydrogen-bond acceptors (Lipinski definition) is 2. The Kier molecular flexibility index (Phi) is 3.46. The predicted molar refractivity (Wildman–Crippen MR) is 83.2 cm³/mol. The van der Waals surface area contributed by atoms with E-state index in [0.717, 1.165) is 10.9 Å². The molecule has 2 aromatic carbocycles. The van der Waals surface area contributed by atoms with Crippen molar-refractivity contribution < 1.29 is 4.79 Å². The number of aromatic amines is 1. The topological polar surface area (TPSA) is 57.8 Å². The Morgan fingerprint density at radius 1 is 1.25 bits per heavy atom. The van der Waals surface area contributed by atoms with Crippen LogP contribution in [0.5, 0.6) is 0 Å². The Morgan fingerprint density at radius 2 is 2.05 bits per heavy atom. The molecule has 0 unspecified atom stereocenters. The number of nitrogens with zero attached hydrogens (tertiary/aromatic N) is 1. The van der Waals surface area contributed by atoms with Gasteiger partial charge in [0.1, 0.15) is 0 Å². The molecule has 2 N–H and O–H groups in total. The summed E-state index contributed by atoms with van der Waals surface area (Å²) in [6, 6.07) is 12.6. The first kappa shape index (κ1) is 13.1. The van der Waals surface area contributed by atoms with Gasteiger partial charge in [-0.15, -0.1) is 0 Å². The van der Waals surface area contributed by atoms with Crippen LogP contribution < -0.4 is 5.32 Å². The van der Waals surface area contributed by atoms with Gasteiger partial charge in [0.15, 0.2) is 5.82 Å². The lowest BCUT2D eigenvalue weighted by Gasteiger charge is -2.04. The lowest BCUT2D eigenvalue weighted by atomic mass is 10.2. The minimum atomic E-state index is -0.236. The van der Waals surface area contributed by atoms with Gasteiger partial charge in [0, 0.05) is 15.4 Å². The number of halogens is 2. The summed E-state index contributed by atoms with van der Waals surface area (Å²) in [5.41, 5.74) is 1.38. The summed E-state index contributed by atoms with van der Waals surface area (Å²) < 4.78 is 0.679. The van der Waals surface area contributed by atoms with Crippen LogP contribution in [0.25, 0.3) is 10.9 Å². The lowest BCUT2D eigenvalue weighted by Crippen LogP contribution is -2.12. The number of aromatic nitrogens is 2. The quantitative estimate of drug-likeness (QED) is 0.726. The number of carbonyl (C=O) groups excluding carboxylic acids is 1. The standard InChI is InChI=1S/C14H9BrClN3O/c15-10-7-8(5-6-11(10)16)14(20)17-13-9-3-1-2-4-12(9)18-19-13/h1-7H,(H2,17,18,19,20). The Hall–Kier alpha value is -1.85. The van der Waals surface area contributed by atoms with E-state index < -0.39 is 0 Å². The molecule has 4 nitrogen and oxygen atoms in total. The van der Waals surface area contributed by atoms with Gasteiger partial charge in [-0.05, 0) is 46.3 Å². The van der Waals surface area contributed by atoms with Crippen LogP contribution >= 0.6 is 27.5 Å². The first-order chi connectivity index (χ1) is 9.65. The van der Waals surface area contributed by atoms with Crippen molar-refractivity contribution in [3.8, 4) is 0 Å². The molecule has 0 saturated carbocycles. The average Bonchev–Trinajstić information content (AvgIpc) is 2.85. The number of carbonyl (C=O) groups is 1. The van der Waals surface area contributed by atoms with Gasteiger partial charge in [-0.3, -0.25) is 9.89 Å². The van der Waals surface area contributed by atoms with Crippen LogP contribution in [-0.4, -0.2) is 16.1 Å².